The van der Waals surface area contributed by atoms with Gasteiger partial charge in [-0.3, -0.25) is 4.79 Å². The molecule has 0 bridgehead atoms. The van der Waals surface area contributed by atoms with E-state index in [1.165, 1.54) is 7.11 Å². The van der Waals surface area contributed by atoms with Gasteiger partial charge >= 0.3 is 10.2 Å². The van der Waals surface area contributed by atoms with Gasteiger partial charge in [-0.2, -0.15) is 8.42 Å². The standard InChI is InChI=1S/C19H25FN2O8S/c1-26-6-7-27-12-28-15-10-13-2-4-19(29-8-9-30-19)5-3-14(13)17(20)18(15)22-11-16(23)21-31(22,24)25/h10H,2-9,11-12H2,1H3,(H,21,23). The number of fused-ring (bicyclic) bond motifs is 1. The minimum Gasteiger partial charge on any atom is -0.465 e. The van der Waals surface area contributed by atoms with Crippen LogP contribution in [0, 0.1) is 5.82 Å². The summed E-state index contributed by atoms with van der Waals surface area (Å²) >= 11 is 0. The molecule has 0 radical (unpaired) electrons. The first-order valence-corrected chi connectivity index (χ1v) is 11.4. The summed E-state index contributed by atoms with van der Waals surface area (Å²) in [5.41, 5.74) is 0.741. The predicted octanol–water partition coefficient (Wildman–Crippen LogP) is 0.628. The Bertz CT molecular complexity index is 949. The summed E-state index contributed by atoms with van der Waals surface area (Å²) in [4.78, 5) is 11.7. The van der Waals surface area contributed by atoms with Crippen molar-refractivity contribution in [2.75, 3.05) is 51.2 Å². The van der Waals surface area contributed by atoms with E-state index >= 15 is 4.39 Å². The second kappa shape index (κ2) is 8.87. The molecule has 31 heavy (non-hydrogen) atoms. The molecule has 1 aromatic rings. The number of ether oxygens (including phenoxy) is 5. The summed E-state index contributed by atoms with van der Waals surface area (Å²) in [5.74, 6) is -2.26. The van der Waals surface area contributed by atoms with E-state index in [0.717, 1.165) is 0 Å². The molecule has 10 nitrogen and oxygen atoms in total. The number of carbonyl (C=O) groups is 1. The molecule has 1 spiro atoms. The molecular weight excluding hydrogens is 435 g/mol. The van der Waals surface area contributed by atoms with Gasteiger partial charge in [0, 0.05) is 20.0 Å². The zero-order valence-electron chi connectivity index (χ0n) is 17.1. The van der Waals surface area contributed by atoms with E-state index in [0.29, 0.717) is 60.9 Å². The van der Waals surface area contributed by atoms with Crippen LogP contribution in [0.1, 0.15) is 24.0 Å². The van der Waals surface area contributed by atoms with Gasteiger partial charge in [0.1, 0.15) is 18.0 Å². The fraction of sp³-hybridized carbons (Fsp3) is 0.632. The topological polar surface area (TPSA) is 113 Å². The molecule has 0 saturated carbocycles. The molecule has 1 aromatic carbocycles. The monoisotopic (exact) mass is 460 g/mol. The second-order valence-electron chi connectivity index (χ2n) is 7.48. The maximum atomic E-state index is 15.8. The van der Waals surface area contributed by atoms with Crippen LogP contribution in [0.25, 0.3) is 0 Å². The van der Waals surface area contributed by atoms with Crippen molar-refractivity contribution in [1.82, 2.24) is 4.72 Å². The number of anilines is 1. The lowest BCUT2D eigenvalue weighted by atomic mass is 10.0. The highest BCUT2D eigenvalue weighted by Gasteiger charge is 2.42. The Morgan fingerprint density at radius 1 is 1.23 bits per heavy atom. The molecule has 12 heteroatoms. The van der Waals surface area contributed by atoms with Crippen LogP contribution in [0.2, 0.25) is 0 Å². The highest BCUT2D eigenvalue weighted by atomic mass is 32.2. The molecule has 172 valence electrons. The molecule has 2 saturated heterocycles. The Hall–Kier alpha value is -1.99. The van der Waals surface area contributed by atoms with E-state index in [9.17, 15) is 13.2 Å². The fourth-order valence-corrected chi connectivity index (χ4v) is 5.21. The molecule has 0 aromatic heterocycles. The quantitative estimate of drug-likeness (QED) is 0.466. The summed E-state index contributed by atoms with van der Waals surface area (Å²) < 4.78 is 70.5. The molecule has 2 heterocycles. The minimum atomic E-state index is -4.23. The summed E-state index contributed by atoms with van der Waals surface area (Å²) in [6, 6.07) is 1.61. The van der Waals surface area contributed by atoms with E-state index < -0.39 is 34.3 Å². The van der Waals surface area contributed by atoms with Crippen LogP contribution in [-0.4, -0.2) is 67.0 Å². The Kier molecular flexibility index (Phi) is 6.35. The lowest BCUT2D eigenvalue weighted by Crippen LogP contribution is -2.31. The molecule has 4 rings (SSSR count). The van der Waals surface area contributed by atoms with Crippen molar-refractivity contribution in [3.63, 3.8) is 0 Å². The van der Waals surface area contributed by atoms with Gasteiger partial charge in [0.2, 0.25) is 0 Å². The fourth-order valence-electron chi connectivity index (χ4n) is 4.05. The van der Waals surface area contributed by atoms with E-state index in [-0.39, 0.29) is 24.8 Å². The summed E-state index contributed by atoms with van der Waals surface area (Å²) in [5, 5.41) is 0. The normalized spacial score (nSPS) is 21.7. The van der Waals surface area contributed by atoms with Crippen LogP contribution in [0.3, 0.4) is 0 Å². The number of hydrogen-bond donors (Lipinski definition) is 1. The smallest absolute Gasteiger partial charge is 0.326 e. The first-order valence-electron chi connectivity index (χ1n) is 10.0. The van der Waals surface area contributed by atoms with Crippen molar-refractivity contribution >= 4 is 21.8 Å². The number of nitrogens with one attached hydrogen (secondary N) is 1. The van der Waals surface area contributed by atoms with Crippen molar-refractivity contribution in [3.05, 3.63) is 23.0 Å². The zero-order chi connectivity index (χ0) is 22.1. The highest BCUT2D eigenvalue weighted by molar-refractivity contribution is 7.92. The number of carbonyl (C=O) groups excluding carboxylic acids is 1. The number of aryl methyl sites for hydroxylation is 1. The van der Waals surface area contributed by atoms with Crippen molar-refractivity contribution in [2.45, 2.75) is 31.5 Å². The molecule has 2 fully saturated rings. The minimum absolute atomic E-state index is 0.0158. The van der Waals surface area contributed by atoms with Crippen LogP contribution in [0.15, 0.2) is 6.07 Å². The van der Waals surface area contributed by atoms with Gasteiger partial charge in [0.05, 0.1) is 26.4 Å². The maximum absolute atomic E-state index is 15.8. The lowest BCUT2D eigenvalue weighted by Gasteiger charge is -2.25. The summed E-state index contributed by atoms with van der Waals surface area (Å²) in [7, 11) is -2.70. The van der Waals surface area contributed by atoms with Crippen LogP contribution < -0.4 is 13.8 Å². The van der Waals surface area contributed by atoms with Gasteiger partial charge in [-0.05, 0) is 30.0 Å². The van der Waals surface area contributed by atoms with Crippen molar-refractivity contribution in [1.29, 1.82) is 0 Å². The maximum Gasteiger partial charge on any atom is 0.326 e. The van der Waals surface area contributed by atoms with E-state index in [2.05, 4.69) is 0 Å². The van der Waals surface area contributed by atoms with Gasteiger partial charge in [-0.25, -0.2) is 13.4 Å². The van der Waals surface area contributed by atoms with Crippen LogP contribution in [0.5, 0.6) is 5.75 Å². The summed E-state index contributed by atoms with van der Waals surface area (Å²) in [6.07, 6.45) is 1.76. The number of halogens is 1. The van der Waals surface area contributed by atoms with Gasteiger partial charge in [0.25, 0.3) is 5.91 Å². The Balaban J connectivity index is 1.68. The number of methoxy groups -OCH3 is 1. The third kappa shape index (κ3) is 4.48. The van der Waals surface area contributed by atoms with Crippen LogP contribution >= 0.6 is 0 Å². The van der Waals surface area contributed by atoms with Gasteiger partial charge in [0.15, 0.2) is 18.4 Å². The van der Waals surface area contributed by atoms with Gasteiger partial charge < -0.3 is 23.7 Å². The van der Waals surface area contributed by atoms with Crippen molar-refractivity contribution in [2.24, 2.45) is 0 Å². The number of benzene rings is 1. The lowest BCUT2D eigenvalue weighted by molar-refractivity contribution is -0.164. The first kappa shape index (κ1) is 22.2. The molecule has 1 amide bonds. The third-order valence-corrected chi connectivity index (χ3v) is 6.92. The SMILES string of the molecule is COCCOCOc1cc2c(c(F)c1N1CC(=O)NS1(=O)=O)CCC1(CC2)OCCO1. The van der Waals surface area contributed by atoms with Gasteiger partial charge in [-0.15, -0.1) is 0 Å². The Labute approximate surface area is 179 Å². The van der Waals surface area contributed by atoms with Gasteiger partial charge in [-0.1, -0.05) is 0 Å². The number of nitrogens with zero attached hydrogens (tertiary/aromatic N) is 1. The van der Waals surface area contributed by atoms with Crippen molar-refractivity contribution in [3.8, 4) is 5.75 Å². The molecule has 2 aliphatic heterocycles. The summed E-state index contributed by atoms with van der Waals surface area (Å²) in [6.45, 7) is 0.789. The average molecular weight is 460 g/mol. The van der Waals surface area contributed by atoms with E-state index in [4.69, 9.17) is 23.7 Å². The molecule has 1 N–H and O–H groups in total. The van der Waals surface area contributed by atoms with Crippen LogP contribution in [-0.2, 0) is 46.8 Å². The number of hydrogen-bond acceptors (Lipinski definition) is 8. The largest absolute Gasteiger partial charge is 0.465 e. The molecule has 0 unspecified atom stereocenters. The molecule has 1 aliphatic carbocycles. The van der Waals surface area contributed by atoms with Crippen molar-refractivity contribution < 1.29 is 41.3 Å². The number of amides is 1. The first-order chi connectivity index (χ1) is 14.9. The number of rotatable bonds is 7. The van der Waals surface area contributed by atoms with Crippen LogP contribution in [0.4, 0.5) is 10.1 Å². The second-order valence-corrected chi connectivity index (χ2v) is 9.08. The third-order valence-electron chi connectivity index (χ3n) is 5.54. The predicted molar refractivity (Wildman–Crippen MR) is 105 cm³/mol. The molecule has 3 aliphatic rings. The van der Waals surface area contributed by atoms with E-state index in [1.807, 2.05) is 4.72 Å². The zero-order valence-corrected chi connectivity index (χ0v) is 18.0. The molecule has 0 atom stereocenters. The Morgan fingerprint density at radius 2 is 1.97 bits per heavy atom. The van der Waals surface area contributed by atoms with E-state index in [1.54, 1.807) is 6.07 Å². The molecular formula is C19H25FN2O8S. The highest BCUT2D eigenvalue weighted by Crippen LogP contribution is 2.42. The average Bonchev–Trinajstić information content (AvgIpc) is 3.22. The Morgan fingerprint density at radius 3 is 2.65 bits per heavy atom.